The van der Waals surface area contributed by atoms with Crippen LogP contribution in [0.3, 0.4) is 0 Å². The van der Waals surface area contributed by atoms with Gasteiger partial charge in [0.1, 0.15) is 0 Å². The highest BCUT2D eigenvalue weighted by atomic mass is 32.2. The molecule has 1 heterocycles. The molecule has 0 unspecified atom stereocenters. The lowest BCUT2D eigenvalue weighted by atomic mass is 10.3. The van der Waals surface area contributed by atoms with Crippen LogP contribution in [-0.2, 0) is 14.8 Å². The normalized spacial score (nSPS) is 17.2. The molecule has 1 fully saturated rings. The Bertz CT molecular complexity index is 669. The van der Waals surface area contributed by atoms with Crippen LogP contribution in [0, 0.1) is 0 Å². The van der Waals surface area contributed by atoms with Crippen LogP contribution in [0.25, 0.3) is 0 Å². The first kappa shape index (κ1) is 18.3. The Morgan fingerprint density at radius 2 is 1.91 bits per heavy atom. The number of rotatable bonds is 5. The molecule has 0 radical (unpaired) electrons. The molecule has 1 aliphatic rings. The molecule has 0 saturated carbocycles. The molecular formula is C15H23N3O3S2. The van der Waals surface area contributed by atoms with Gasteiger partial charge in [-0.25, -0.2) is 8.42 Å². The van der Waals surface area contributed by atoms with E-state index in [1.54, 1.807) is 18.2 Å². The quantitative estimate of drug-likeness (QED) is 0.812. The van der Waals surface area contributed by atoms with Crippen LogP contribution in [0.2, 0.25) is 0 Å². The summed E-state index contributed by atoms with van der Waals surface area (Å²) in [6.07, 6.45) is 1.89. The zero-order chi connectivity index (χ0) is 17.0. The van der Waals surface area contributed by atoms with Crippen molar-refractivity contribution in [3.8, 4) is 0 Å². The minimum Gasteiger partial charge on any atom is -0.325 e. The summed E-state index contributed by atoms with van der Waals surface area (Å²) in [6.45, 7) is 6.91. The molecule has 1 amide bonds. The van der Waals surface area contributed by atoms with Crippen molar-refractivity contribution >= 4 is 33.4 Å². The van der Waals surface area contributed by atoms with E-state index in [1.165, 1.54) is 23.0 Å². The van der Waals surface area contributed by atoms with Crippen molar-refractivity contribution in [3.05, 3.63) is 18.2 Å². The summed E-state index contributed by atoms with van der Waals surface area (Å²) in [5.41, 5.74) is 0.540. The van der Waals surface area contributed by atoms with E-state index in [1.807, 2.05) is 6.26 Å². The fourth-order valence-electron chi connectivity index (χ4n) is 2.57. The van der Waals surface area contributed by atoms with Gasteiger partial charge in [-0.3, -0.25) is 4.79 Å². The van der Waals surface area contributed by atoms with Crippen molar-refractivity contribution in [2.45, 2.75) is 23.6 Å². The third kappa shape index (κ3) is 4.26. The molecule has 0 aliphatic carbocycles. The average molecular weight is 358 g/mol. The summed E-state index contributed by atoms with van der Waals surface area (Å²) in [7, 11) is -3.53. The predicted octanol–water partition coefficient (Wildman–Crippen LogP) is 1.69. The molecule has 1 aliphatic heterocycles. The van der Waals surface area contributed by atoms with E-state index in [4.69, 9.17) is 0 Å². The number of thioether (sulfide) groups is 1. The molecule has 2 rings (SSSR count). The molecule has 1 aromatic rings. The van der Waals surface area contributed by atoms with Gasteiger partial charge in [-0.15, -0.1) is 11.8 Å². The number of carbonyl (C=O) groups is 1. The van der Waals surface area contributed by atoms with E-state index in [-0.39, 0.29) is 10.8 Å². The Balaban J connectivity index is 2.27. The Morgan fingerprint density at radius 1 is 1.26 bits per heavy atom. The number of nitrogens with one attached hydrogen (secondary N) is 1. The molecule has 1 aromatic carbocycles. The zero-order valence-electron chi connectivity index (χ0n) is 13.7. The first-order chi connectivity index (χ1) is 10.9. The van der Waals surface area contributed by atoms with Crippen LogP contribution in [-0.4, -0.2) is 62.5 Å². The maximum atomic E-state index is 12.8. The fraction of sp³-hybridized carbons (Fsp3) is 0.533. The van der Waals surface area contributed by atoms with E-state index < -0.39 is 10.0 Å². The van der Waals surface area contributed by atoms with Crippen molar-refractivity contribution in [2.24, 2.45) is 0 Å². The second-order valence-corrected chi connectivity index (χ2v) is 8.17. The van der Waals surface area contributed by atoms with Gasteiger partial charge >= 0.3 is 0 Å². The molecule has 6 nitrogen and oxygen atoms in total. The Kier molecular flexibility index (Phi) is 6.07. The Hall–Kier alpha value is -1.09. The number of anilines is 1. The van der Waals surface area contributed by atoms with Gasteiger partial charge in [-0.05, 0) is 31.0 Å². The van der Waals surface area contributed by atoms with Crippen LogP contribution < -0.4 is 5.32 Å². The summed E-state index contributed by atoms with van der Waals surface area (Å²) in [6, 6.07) is 4.90. The summed E-state index contributed by atoms with van der Waals surface area (Å²) in [4.78, 5) is 14.6. The van der Waals surface area contributed by atoms with Gasteiger partial charge in [-0.1, -0.05) is 6.92 Å². The van der Waals surface area contributed by atoms with Gasteiger partial charge < -0.3 is 10.2 Å². The maximum Gasteiger partial charge on any atom is 0.243 e. The van der Waals surface area contributed by atoms with Crippen molar-refractivity contribution in [2.75, 3.05) is 44.3 Å². The largest absolute Gasteiger partial charge is 0.325 e. The molecule has 1 N–H and O–H groups in total. The minimum absolute atomic E-state index is 0.216. The van der Waals surface area contributed by atoms with Crippen LogP contribution in [0.15, 0.2) is 28.0 Å². The van der Waals surface area contributed by atoms with Crippen molar-refractivity contribution in [3.63, 3.8) is 0 Å². The van der Waals surface area contributed by atoms with E-state index in [0.717, 1.165) is 24.5 Å². The highest BCUT2D eigenvalue weighted by molar-refractivity contribution is 7.98. The number of amides is 1. The number of likely N-dealkylation sites (N-methyl/N-ethyl adjacent to an activating group) is 1. The molecule has 128 valence electrons. The van der Waals surface area contributed by atoms with E-state index in [0.29, 0.717) is 18.8 Å². The van der Waals surface area contributed by atoms with Crippen LogP contribution in [0.1, 0.15) is 13.8 Å². The van der Waals surface area contributed by atoms with Crippen LogP contribution in [0.5, 0.6) is 0 Å². The topological polar surface area (TPSA) is 69.7 Å². The number of carbonyl (C=O) groups excluding carboxylic acids is 1. The molecular weight excluding hydrogens is 334 g/mol. The second kappa shape index (κ2) is 7.65. The SMILES string of the molecule is CCN1CCN(S(=O)(=O)c2ccc(SC)c(NC(C)=O)c2)CC1. The zero-order valence-corrected chi connectivity index (χ0v) is 15.3. The van der Waals surface area contributed by atoms with E-state index in [9.17, 15) is 13.2 Å². The minimum atomic E-state index is -3.53. The highest BCUT2D eigenvalue weighted by Gasteiger charge is 2.28. The summed E-state index contributed by atoms with van der Waals surface area (Å²) >= 11 is 1.47. The number of hydrogen-bond donors (Lipinski definition) is 1. The van der Waals surface area contributed by atoms with E-state index in [2.05, 4.69) is 17.1 Å². The third-order valence-corrected chi connectivity index (χ3v) is 6.59. The smallest absolute Gasteiger partial charge is 0.243 e. The lowest BCUT2D eigenvalue weighted by Crippen LogP contribution is -2.48. The number of sulfonamides is 1. The lowest BCUT2D eigenvalue weighted by Gasteiger charge is -2.33. The van der Waals surface area contributed by atoms with Gasteiger partial charge in [0, 0.05) is 38.0 Å². The first-order valence-corrected chi connectivity index (χ1v) is 10.2. The summed E-state index contributed by atoms with van der Waals surface area (Å²) in [5, 5.41) is 2.70. The first-order valence-electron chi connectivity index (χ1n) is 7.56. The van der Waals surface area contributed by atoms with Crippen molar-refractivity contribution in [1.82, 2.24) is 9.21 Å². The highest BCUT2D eigenvalue weighted by Crippen LogP contribution is 2.29. The Morgan fingerprint density at radius 3 is 2.43 bits per heavy atom. The standard InChI is InChI=1S/C15H23N3O3S2/c1-4-17-7-9-18(10-8-17)23(20,21)13-5-6-15(22-3)14(11-13)16-12(2)19/h5-6,11H,4,7-10H2,1-3H3,(H,16,19). The summed E-state index contributed by atoms with van der Waals surface area (Å²) < 4.78 is 27.1. The molecule has 0 atom stereocenters. The van der Waals surface area contributed by atoms with Gasteiger partial charge in [-0.2, -0.15) is 4.31 Å². The van der Waals surface area contributed by atoms with E-state index >= 15 is 0 Å². The number of nitrogens with zero attached hydrogens (tertiary/aromatic N) is 2. The number of piperazine rings is 1. The van der Waals surface area contributed by atoms with Gasteiger partial charge in [0.05, 0.1) is 10.6 Å². The maximum absolute atomic E-state index is 12.8. The number of benzene rings is 1. The van der Waals surface area contributed by atoms with Crippen LogP contribution in [0.4, 0.5) is 5.69 Å². The molecule has 0 aromatic heterocycles. The fourth-order valence-corrected chi connectivity index (χ4v) is 4.55. The molecule has 0 bridgehead atoms. The van der Waals surface area contributed by atoms with Crippen LogP contribution >= 0.6 is 11.8 Å². The number of hydrogen-bond acceptors (Lipinski definition) is 5. The van der Waals surface area contributed by atoms with Crippen molar-refractivity contribution in [1.29, 1.82) is 0 Å². The molecule has 23 heavy (non-hydrogen) atoms. The molecule has 8 heteroatoms. The molecule has 0 spiro atoms. The van der Waals surface area contributed by atoms with Gasteiger partial charge in [0.15, 0.2) is 0 Å². The Labute approximate surface area is 142 Å². The third-order valence-electron chi connectivity index (χ3n) is 3.90. The molecule has 1 saturated heterocycles. The monoisotopic (exact) mass is 357 g/mol. The second-order valence-electron chi connectivity index (χ2n) is 5.38. The average Bonchev–Trinajstić information content (AvgIpc) is 2.54. The van der Waals surface area contributed by atoms with Crippen molar-refractivity contribution < 1.29 is 13.2 Å². The predicted molar refractivity (Wildman–Crippen MR) is 93.4 cm³/mol. The van der Waals surface area contributed by atoms with Gasteiger partial charge in [0.2, 0.25) is 15.9 Å². The summed E-state index contributed by atoms with van der Waals surface area (Å²) in [5.74, 6) is -0.216. The lowest BCUT2D eigenvalue weighted by molar-refractivity contribution is -0.114. The van der Waals surface area contributed by atoms with Gasteiger partial charge in [0.25, 0.3) is 0 Å².